The van der Waals surface area contributed by atoms with E-state index >= 15 is 0 Å². The largest absolute Gasteiger partial charge is 0.381 e. The van der Waals surface area contributed by atoms with Gasteiger partial charge in [0.15, 0.2) is 0 Å². The molecule has 0 aliphatic heterocycles. The summed E-state index contributed by atoms with van der Waals surface area (Å²) >= 11 is 0. The van der Waals surface area contributed by atoms with Crippen molar-refractivity contribution < 1.29 is 16.8 Å². The number of hydrogen-bond acceptors (Lipinski definition) is 5. The lowest BCUT2D eigenvalue weighted by molar-refractivity contribution is 0.595. The van der Waals surface area contributed by atoms with Gasteiger partial charge in [-0.3, -0.25) is 0 Å². The van der Waals surface area contributed by atoms with E-state index in [1.165, 1.54) is 12.1 Å². The first kappa shape index (κ1) is 15.9. The molecule has 0 saturated carbocycles. The summed E-state index contributed by atoms with van der Waals surface area (Å²) in [7, 11) is -6.87. The molecule has 6 nitrogen and oxygen atoms in total. The molecule has 108 valence electrons. The molecular weight excluding hydrogens is 288 g/mol. The number of sulfonamides is 1. The van der Waals surface area contributed by atoms with Crippen molar-refractivity contribution in [3.05, 3.63) is 23.8 Å². The Morgan fingerprint density at radius 1 is 1.26 bits per heavy atom. The first-order chi connectivity index (χ1) is 8.49. The second kappa shape index (κ2) is 5.48. The molecule has 1 aromatic rings. The average Bonchev–Trinajstić information content (AvgIpc) is 2.16. The number of nitrogens with one attached hydrogen (secondary N) is 1. The molecule has 0 amide bonds. The highest BCUT2D eigenvalue weighted by molar-refractivity contribution is 7.90. The topological polar surface area (TPSA) is 106 Å². The molecule has 3 N–H and O–H groups in total. The van der Waals surface area contributed by atoms with Crippen LogP contribution < -0.4 is 10.5 Å². The summed E-state index contributed by atoms with van der Waals surface area (Å²) in [6.45, 7) is 3.51. The first-order valence-corrected chi connectivity index (χ1v) is 9.17. The van der Waals surface area contributed by atoms with E-state index in [4.69, 9.17) is 5.14 Å². The summed E-state index contributed by atoms with van der Waals surface area (Å²) < 4.78 is 44.9. The van der Waals surface area contributed by atoms with Crippen LogP contribution in [0.4, 0.5) is 5.69 Å². The van der Waals surface area contributed by atoms with E-state index < -0.39 is 19.9 Å². The maximum absolute atomic E-state index is 11.3. The Kier molecular flexibility index (Phi) is 4.59. The van der Waals surface area contributed by atoms with Crippen LogP contribution >= 0.6 is 0 Å². The smallest absolute Gasteiger partial charge is 0.238 e. The normalized spacial score (nSPS) is 14.1. The van der Waals surface area contributed by atoms with Crippen molar-refractivity contribution in [1.29, 1.82) is 0 Å². The Labute approximate surface area is 114 Å². The molecule has 0 spiro atoms. The molecule has 0 aliphatic carbocycles. The Bertz CT molecular complexity index is 666. The van der Waals surface area contributed by atoms with Crippen molar-refractivity contribution in [3.63, 3.8) is 0 Å². The summed E-state index contributed by atoms with van der Waals surface area (Å²) in [5.74, 6) is -0.0357. The lowest BCUT2D eigenvalue weighted by Gasteiger charge is -2.16. The Morgan fingerprint density at radius 3 is 2.32 bits per heavy atom. The van der Waals surface area contributed by atoms with Gasteiger partial charge in [-0.2, -0.15) is 0 Å². The van der Waals surface area contributed by atoms with E-state index in [1.54, 1.807) is 19.9 Å². The highest BCUT2D eigenvalue weighted by Crippen LogP contribution is 2.20. The van der Waals surface area contributed by atoms with Gasteiger partial charge in [0, 0.05) is 18.0 Å². The fourth-order valence-corrected chi connectivity index (χ4v) is 3.23. The van der Waals surface area contributed by atoms with E-state index in [2.05, 4.69) is 5.32 Å². The molecule has 0 heterocycles. The SMILES string of the molecule is Cc1ccc(S(N)(=O)=O)cc1NC(C)CS(C)(=O)=O. The molecule has 1 atom stereocenters. The Hall–Kier alpha value is -1.12. The molecule has 0 aliphatic rings. The number of hydrogen-bond donors (Lipinski definition) is 2. The average molecular weight is 306 g/mol. The monoisotopic (exact) mass is 306 g/mol. The predicted molar refractivity (Wildman–Crippen MR) is 75.3 cm³/mol. The molecule has 19 heavy (non-hydrogen) atoms. The summed E-state index contributed by atoms with van der Waals surface area (Å²) in [5.41, 5.74) is 1.37. The van der Waals surface area contributed by atoms with E-state index in [9.17, 15) is 16.8 Å². The van der Waals surface area contributed by atoms with Crippen molar-refractivity contribution in [2.75, 3.05) is 17.3 Å². The lowest BCUT2D eigenvalue weighted by atomic mass is 10.2. The zero-order valence-electron chi connectivity index (χ0n) is 11.0. The quantitative estimate of drug-likeness (QED) is 0.823. The van der Waals surface area contributed by atoms with Crippen LogP contribution in [0.2, 0.25) is 0 Å². The number of benzene rings is 1. The van der Waals surface area contributed by atoms with Crippen molar-refractivity contribution in [1.82, 2.24) is 0 Å². The second-order valence-electron chi connectivity index (χ2n) is 4.66. The zero-order chi connectivity index (χ0) is 14.8. The van der Waals surface area contributed by atoms with E-state index in [-0.39, 0.29) is 16.7 Å². The van der Waals surface area contributed by atoms with Crippen LogP contribution in [0.15, 0.2) is 23.1 Å². The summed E-state index contributed by atoms with van der Waals surface area (Å²) in [6.07, 6.45) is 1.15. The van der Waals surface area contributed by atoms with Crippen LogP contribution in [0.3, 0.4) is 0 Å². The third kappa shape index (κ3) is 5.17. The third-order valence-electron chi connectivity index (χ3n) is 2.49. The van der Waals surface area contributed by atoms with E-state index in [0.717, 1.165) is 11.8 Å². The van der Waals surface area contributed by atoms with Gasteiger partial charge < -0.3 is 5.32 Å². The minimum absolute atomic E-state index is 0.00726. The lowest BCUT2D eigenvalue weighted by Crippen LogP contribution is -2.25. The van der Waals surface area contributed by atoms with E-state index in [0.29, 0.717) is 5.69 Å². The third-order valence-corrected chi connectivity index (χ3v) is 4.51. The van der Waals surface area contributed by atoms with Gasteiger partial charge in [-0.1, -0.05) is 6.07 Å². The standard InChI is InChI=1S/C11H18N2O4S2/c1-8-4-5-10(19(12,16)17)6-11(8)13-9(2)7-18(3,14)15/h4-6,9,13H,7H2,1-3H3,(H2,12,16,17). The zero-order valence-corrected chi connectivity index (χ0v) is 12.7. The van der Waals surface area contributed by atoms with Gasteiger partial charge in [-0.15, -0.1) is 0 Å². The Balaban J connectivity index is 3.01. The number of primary sulfonamides is 1. The van der Waals surface area contributed by atoms with Gasteiger partial charge in [0.1, 0.15) is 9.84 Å². The number of aryl methyl sites for hydroxylation is 1. The molecule has 0 fully saturated rings. The van der Waals surface area contributed by atoms with Crippen LogP contribution in [0, 0.1) is 6.92 Å². The van der Waals surface area contributed by atoms with Crippen LogP contribution in [0.1, 0.15) is 12.5 Å². The number of anilines is 1. The molecule has 1 rings (SSSR count). The maximum atomic E-state index is 11.3. The van der Waals surface area contributed by atoms with Crippen molar-refractivity contribution >= 4 is 25.5 Å². The predicted octanol–water partition coefficient (Wildman–Crippen LogP) is 0.487. The maximum Gasteiger partial charge on any atom is 0.238 e. The van der Waals surface area contributed by atoms with Crippen molar-refractivity contribution in [2.24, 2.45) is 5.14 Å². The number of rotatable bonds is 5. The molecular formula is C11H18N2O4S2. The van der Waals surface area contributed by atoms with Gasteiger partial charge in [0.2, 0.25) is 10.0 Å². The van der Waals surface area contributed by atoms with Crippen LogP contribution in [-0.2, 0) is 19.9 Å². The summed E-state index contributed by atoms with van der Waals surface area (Å²) in [4.78, 5) is -0.00726. The van der Waals surface area contributed by atoms with Crippen LogP contribution in [0.5, 0.6) is 0 Å². The van der Waals surface area contributed by atoms with E-state index in [1.807, 2.05) is 0 Å². The number of sulfone groups is 1. The Morgan fingerprint density at radius 2 is 1.84 bits per heavy atom. The number of nitrogens with two attached hydrogens (primary N) is 1. The van der Waals surface area contributed by atoms with Crippen LogP contribution in [-0.4, -0.2) is 34.9 Å². The van der Waals surface area contributed by atoms with Gasteiger partial charge in [0.05, 0.1) is 10.6 Å². The molecule has 0 aromatic heterocycles. The molecule has 0 bridgehead atoms. The van der Waals surface area contributed by atoms with Crippen molar-refractivity contribution in [2.45, 2.75) is 24.8 Å². The highest BCUT2D eigenvalue weighted by atomic mass is 32.2. The summed E-state index contributed by atoms with van der Waals surface area (Å²) in [5, 5.41) is 8.04. The first-order valence-electron chi connectivity index (χ1n) is 5.57. The molecule has 0 saturated heterocycles. The van der Waals surface area contributed by atoms with Gasteiger partial charge in [-0.25, -0.2) is 22.0 Å². The molecule has 8 heteroatoms. The second-order valence-corrected chi connectivity index (χ2v) is 8.41. The molecule has 1 unspecified atom stereocenters. The van der Waals surface area contributed by atoms with Gasteiger partial charge in [-0.05, 0) is 31.5 Å². The minimum Gasteiger partial charge on any atom is -0.381 e. The van der Waals surface area contributed by atoms with Crippen LogP contribution in [0.25, 0.3) is 0 Å². The summed E-state index contributed by atoms with van der Waals surface area (Å²) in [6, 6.07) is 4.11. The minimum atomic E-state index is -3.77. The van der Waals surface area contributed by atoms with Crippen molar-refractivity contribution in [3.8, 4) is 0 Å². The fraction of sp³-hybridized carbons (Fsp3) is 0.455. The molecule has 1 aromatic carbocycles. The fourth-order valence-electron chi connectivity index (χ4n) is 1.69. The molecule has 0 radical (unpaired) electrons. The highest BCUT2D eigenvalue weighted by Gasteiger charge is 2.14. The van der Waals surface area contributed by atoms with Gasteiger partial charge in [0.25, 0.3) is 0 Å². The van der Waals surface area contributed by atoms with Gasteiger partial charge >= 0.3 is 0 Å².